The van der Waals surface area contributed by atoms with Crippen LogP contribution in [0, 0.1) is 0 Å². The van der Waals surface area contributed by atoms with E-state index < -0.39 is 0 Å². The molecule has 0 aliphatic carbocycles. The van der Waals surface area contributed by atoms with Crippen molar-refractivity contribution >= 4 is 27.9 Å². The van der Waals surface area contributed by atoms with Gasteiger partial charge in [0.2, 0.25) is 0 Å². The van der Waals surface area contributed by atoms with Crippen LogP contribution >= 0.6 is 0 Å². The molecule has 3 aromatic rings. The molecule has 2 aromatic heterocycles. The average molecular weight is 238 g/mol. The van der Waals surface area contributed by atoms with Gasteiger partial charge in [0.15, 0.2) is 0 Å². The fourth-order valence-corrected chi connectivity index (χ4v) is 2.18. The molecule has 2 N–H and O–H groups in total. The van der Waals surface area contributed by atoms with E-state index in [4.69, 9.17) is 5.11 Å². The Bertz CT molecular complexity index is 740. The quantitative estimate of drug-likeness (QED) is 0.720. The second-order valence-electron chi connectivity index (χ2n) is 4.44. The molecule has 0 fully saturated rings. The second kappa shape index (κ2) is 4.27. The summed E-state index contributed by atoms with van der Waals surface area (Å²) in [5.74, 6) is 0. The van der Waals surface area contributed by atoms with E-state index in [1.165, 1.54) is 5.39 Å². The molecule has 0 bridgehead atoms. The third-order valence-electron chi connectivity index (χ3n) is 3.09. The van der Waals surface area contributed by atoms with Crippen molar-refractivity contribution in [2.75, 3.05) is 6.61 Å². The molecular formula is C15H14N2O. The number of aliphatic hydroxyl groups is 1. The van der Waals surface area contributed by atoms with Gasteiger partial charge in [0.1, 0.15) is 0 Å². The highest BCUT2D eigenvalue weighted by Gasteiger charge is 2.06. The average Bonchev–Trinajstić information content (AvgIpc) is 2.78. The van der Waals surface area contributed by atoms with Crippen molar-refractivity contribution in [2.45, 2.75) is 6.92 Å². The van der Waals surface area contributed by atoms with Crippen molar-refractivity contribution < 1.29 is 5.11 Å². The Morgan fingerprint density at radius 1 is 1.28 bits per heavy atom. The summed E-state index contributed by atoms with van der Waals surface area (Å²) in [4.78, 5) is 7.76. The van der Waals surface area contributed by atoms with Crippen molar-refractivity contribution in [1.29, 1.82) is 0 Å². The van der Waals surface area contributed by atoms with Crippen molar-refractivity contribution in [3.63, 3.8) is 0 Å². The van der Waals surface area contributed by atoms with E-state index >= 15 is 0 Å². The van der Waals surface area contributed by atoms with Gasteiger partial charge in [-0.15, -0.1) is 0 Å². The lowest BCUT2D eigenvalue weighted by atomic mass is 10.1. The zero-order chi connectivity index (χ0) is 12.5. The smallest absolute Gasteiger partial charge is 0.0871 e. The molecule has 0 atom stereocenters. The predicted molar refractivity (Wildman–Crippen MR) is 74.3 cm³/mol. The number of fused-ring (bicyclic) bond motifs is 3. The summed E-state index contributed by atoms with van der Waals surface area (Å²) in [6.45, 7) is 1.95. The topological polar surface area (TPSA) is 48.9 Å². The Balaban J connectivity index is 2.34. The molecule has 3 heteroatoms. The van der Waals surface area contributed by atoms with Crippen LogP contribution in [0.4, 0.5) is 0 Å². The molecule has 3 rings (SSSR count). The fourth-order valence-electron chi connectivity index (χ4n) is 2.18. The zero-order valence-electron chi connectivity index (χ0n) is 10.1. The number of aromatic amines is 1. The summed E-state index contributed by atoms with van der Waals surface area (Å²) in [6.07, 6.45) is 3.72. The molecular weight excluding hydrogens is 224 g/mol. The number of hydrogen-bond donors (Lipinski definition) is 2. The van der Waals surface area contributed by atoms with Gasteiger partial charge < -0.3 is 10.1 Å². The lowest BCUT2D eigenvalue weighted by Gasteiger charge is -1.98. The highest BCUT2D eigenvalue weighted by atomic mass is 16.3. The fraction of sp³-hybridized carbons (Fsp3) is 0.133. The second-order valence-corrected chi connectivity index (χ2v) is 4.44. The van der Waals surface area contributed by atoms with Crippen LogP contribution in [0.5, 0.6) is 0 Å². The van der Waals surface area contributed by atoms with E-state index in [0.29, 0.717) is 0 Å². The number of H-pyrrole nitrogens is 1. The van der Waals surface area contributed by atoms with Crippen LogP contribution in [0.3, 0.4) is 0 Å². The summed E-state index contributed by atoms with van der Waals surface area (Å²) in [5.41, 5.74) is 3.90. The third kappa shape index (κ3) is 1.69. The maximum atomic E-state index is 9.10. The largest absolute Gasteiger partial charge is 0.392 e. The Morgan fingerprint density at radius 3 is 2.94 bits per heavy atom. The minimum atomic E-state index is 0.0539. The maximum Gasteiger partial charge on any atom is 0.0871 e. The van der Waals surface area contributed by atoms with Gasteiger partial charge in [0, 0.05) is 22.5 Å². The molecule has 90 valence electrons. The van der Waals surface area contributed by atoms with Crippen LogP contribution in [0.1, 0.15) is 12.6 Å². The molecule has 0 unspecified atom stereocenters. The molecule has 0 amide bonds. The van der Waals surface area contributed by atoms with Gasteiger partial charge >= 0.3 is 0 Å². The highest BCUT2D eigenvalue weighted by Crippen LogP contribution is 2.27. The lowest BCUT2D eigenvalue weighted by Crippen LogP contribution is -1.87. The van der Waals surface area contributed by atoms with Crippen LogP contribution in [-0.4, -0.2) is 21.7 Å². The summed E-state index contributed by atoms with van der Waals surface area (Å²) < 4.78 is 0. The van der Waals surface area contributed by atoms with E-state index in [2.05, 4.69) is 22.1 Å². The van der Waals surface area contributed by atoms with Crippen LogP contribution in [0.25, 0.3) is 27.9 Å². The summed E-state index contributed by atoms with van der Waals surface area (Å²) in [5, 5.41) is 11.5. The molecule has 0 saturated carbocycles. The first-order valence-corrected chi connectivity index (χ1v) is 5.93. The first-order chi connectivity index (χ1) is 8.79. The van der Waals surface area contributed by atoms with Crippen molar-refractivity contribution in [2.24, 2.45) is 0 Å². The number of benzene rings is 1. The SMILES string of the molecule is CC(=Cc1nccc2c1[nH]c1ccccc12)CO. The van der Waals surface area contributed by atoms with Gasteiger partial charge in [-0.05, 0) is 30.7 Å². The van der Waals surface area contributed by atoms with Crippen molar-refractivity contribution in [1.82, 2.24) is 9.97 Å². The number of pyridine rings is 1. The number of nitrogens with one attached hydrogen (secondary N) is 1. The van der Waals surface area contributed by atoms with Crippen molar-refractivity contribution in [3.8, 4) is 0 Å². The number of aliphatic hydroxyl groups excluding tert-OH is 1. The molecule has 0 spiro atoms. The van der Waals surface area contributed by atoms with E-state index in [1.807, 2.05) is 31.2 Å². The summed E-state index contributed by atoms with van der Waals surface area (Å²) in [6, 6.07) is 10.2. The normalized spacial score (nSPS) is 12.4. The highest BCUT2D eigenvalue weighted by molar-refractivity contribution is 6.08. The minimum absolute atomic E-state index is 0.0539. The van der Waals surface area contributed by atoms with Crippen molar-refractivity contribution in [3.05, 3.63) is 47.8 Å². The molecule has 0 saturated heterocycles. The van der Waals surface area contributed by atoms with E-state index in [9.17, 15) is 0 Å². The summed E-state index contributed by atoms with van der Waals surface area (Å²) in [7, 11) is 0. The standard InChI is InChI=1S/C15H14N2O/c1-10(9-18)8-14-15-12(6-7-16-14)11-4-2-3-5-13(11)17-15/h2-8,17-18H,9H2,1H3. The van der Waals surface area contributed by atoms with E-state index in [1.54, 1.807) is 6.20 Å². The molecule has 0 aliphatic heterocycles. The molecule has 3 nitrogen and oxygen atoms in total. The van der Waals surface area contributed by atoms with Gasteiger partial charge in [-0.1, -0.05) is 18.2 Å². The summed E-state index contributed by atoms with van der Waals surface area (Å²) >= 11 is 0. The predicted octanol–water partition coefficient (Wildman–Crippen LogP) is 3.11. The number of nitrogens with zero attached hydrogens (tertiary/aromatic N) is 1. The molecule has 1 aromatic carbocycles. The molecule has 0 radical (unpaired) electrons. The molecule has 18 heavy (non-hydrogen) atoms. The lowest BCUT2D eigenvalue weighted by molar-refractivity contribution is 0.332. The Labute approximate surface area is 105 Å². The first-order valence-electron chi connectivity index (χ1n) is 5.93. The van der Waals surface area contributed by atoms with Gasteiger partial charge in [-0.3, -0.25) is 4.98 Å². The Hall–Kier alpha value is -2.13. The Kier molecular flexibility index (Phi) is 2.61. The minimum Gasteiger partial charge on any atom is -0.392 e. The van der Waals surface area contributed by atoms with E-state index in [-0.39, 0.29) is 6.61 Å². The Morgan fingerprint density at radius 2 is 2.11 bits per heavy atom. The van der Waals surface area contributed by atoms with Crippen LogP contribution in [-0.2, 0) is 0 Å². The first kappa shape index (κ1) is 11.0. The van der Waals surface area contributed by atoms with Gasteiger partial charge in [0.25, 0.3) is 0 Å². The van der Waals surface area contributed by atoms with Crippen LogP contribution in [0.2, 0.25) is 0 Å². The van der Waals surface area contributed by atoms with Crippen LogP contribution in [0.15, 0.2) is 42.1 Å². The number of hydrogen-bond acceptors (Lipinski definition) is 2. The number of para-hydroxylation sites is 1. The zero-order valence-corrected chi connectivity index (χ0v) is 10.1. The van der Waals surface area contributed by atoms with Gasteiger partial charge in [0.05, 0.1) is 17.8 Å². The third-order valence-corrected chi connectivity index (χ3v) is 3.09. The van der Waals surface area contributed by atoms with E-state index in [0.717, 1.165) is 27.7 Å². The van der Waals surface area contributed by atoms with Gasteiger partial charge in [-0.25, -0.2) is 0 Å². The molecule has 2 heterocycles. The van der Waals surface area contributed by atoms with Gasteiger partial charge in [-0.2, -0.15) is 0 Å². The number of rotatable bonds is 2. The monoisotopic (exact) mass is 238 g/mol. The van der Waals surface area contributed by atoms with Crippen LogP contribution < -0.4 is 0 Å². The number of aromatic nitrogens is 2. The molecule has 0 aliphatic rings. The maximum absolute atomic E-state index is 9.10.